The van der Waals surface area contributed by atoms with E-state index in [2.05, 4.69) is 15.9 Å². The zero-order valence-electron chi connectivity index (χ0n) is 8.39. The van der Waals surface area contributed by atoms with E-state index in [4.69, 9.17) is 9.84 Å². The van der Waals surface area contributed by atoms with Gasteiger partial charge in [0.15, 0.2) is 11.6 Å². The third kappa shape index (κ3) is 2.69. The largest absolute Gasteiger partial charge is 0.493 e. The van der Waals surface area contributed by atoms with Crippen LogP contribution in [0.5, 0.6) is 5.75 Å². The van der Waals surface area contributed by atoms with Gasteiger partial charge in [0.1, 0.15) is 5.82 Å². The highest BCUT2D eigenvalue weighted by Gasteiger charge is 2.17. The van der Waals surface area contributed by atoms with E-state index in [1.54, 1.807) is 0 Å². The van der Waals surface area contributed by atoms with Gasteiger partial charge < -0.3 is 9.84 Å². The molecule has 0 saturated carbocycles. The van der Waals surface area contributed by atoms with Crippen molar-refractivity contribution in [3.8, 4) is 5.75 Å². The van der Waals surface area contributed by atoms with Crippen LogP contribution >= 0.6 is 15.9 Å². The summed E-state index contributed by atoms with van der Waals surface area (Å²) in [6.07, 6.45) is -0.198. The number of carboxylic acid groups (broad SMARTS) is 1. The fraction of sp³-hybridized carbons (Fsp3) is 0.300. The molecule has 0 fully saturated rings. The Morgan fingerprint density at radius 2 is 2.19 bits per heavy atom. The summed E-state index contributed by atoms with van der Waals surface area (Å²) in [6, 6.07) is 1.06. The van der Waals surface area contributed by atoms with Crippen molar-refractivity contribution >= 4 is 21.9 Å². The number of carbonyl (C=O) groups is 1. The van der Waals surface area contributed by atoms with E-state index in [1.807, 2.05) is 0 Å². The number of benzene rings is 1. The first kappa shape index (κ1) is 12.9. The molecule has 0 radical (unpaired) electrons. The third-order valence-electron chi connectivity index (χ3n) is 2.01. The number of aliphatic carboxylic acids is 1. The minimum Gasteiger partial charge on any atom is -0.493 e. The second kappa shape index (κ2) is 5.25. The Balaban J connectivity index is 3.12. The highest BCUT2D eigenvalue weighted by molar-refractivity contribution is 9.10. The molecule has 0 atom stereocenters. The molecule has 0 amide bonds. The van der Waals surface area contributed by atoms with Gasteiger partial charge in [-0.1, -0.05) is 0 Å². The van der Waals surface area contributed by atoms with Gasteiger partial charge in [-0.05, 0) is 28.4 Å². The van der Waals surface area contributed by atoms with E-state index in [9.17, 15) is 13.6 Å². The lowest BCUT2D eigenvalue weighted by molar-refractivity contribution is -0.136. The summed E-state index contributed by atoms with van der Waals surface area (Å²) in [6.45, 7) is 0. The normalized spacial score (nSPS) is 10.2. The fourth-order valence-electron chi connectivity index (χ4n) is 1.28. The number of halogens is 3. The Morgan fingerprint density at radius 1 is 1.56 bits per heavy atom. The molecular weight excluding hydrogens is 286 g/mol. The van der Waals surface area contributed by atoms with E-state index < -0.39 is 17.6 Å². The molecule has 0 saturated heterocycles. The van der Waals surface area contributed by atoms with Crippen molar-refractivity contribution in [3.63, 3.8) is 0 Å². The molecule has 1 rings (SSSR count). The maximum atomic E-state index is 13.5. The van der Waals surface area contributed by atoms with Crippen LogP contribution < -0.4 is 4.74 Å². The lowest BCUT2D eigenvalue weighted by Gasteiger charge is -2.10. The first-order valence-corrected chi connectivity index (χ1v) is 5.18. The molecule has 0 heterocycles. The number of rotatable bonds is 4. The maximum Gasteiger partial charge on any atom is 0.303 e. The predicted octanol–water partition coefficient (Wildman–Crippen LogP) is 2.75. The van der Waals surface area contributed by atoms with Crippen LogP contribution in [0, 0.1) is 11.6 Å². The molecule has 6 heteroatoms. The van der Waals surface area contributed by atoms with Crippen molar-refractivity contribution in [1.29, 1.82) is 0 Å². The molecule has 0 unspecified atom stereocenters. The smallest absolute Gasteiger partial charge is 0.303 e. The van der Waals surface area contributed by atoms with Gasteiger partial charge in [-0.2, -0.15) is 0 Å². The second-order valence-corrected chi connectivity index (χ2v) is 3.87. The zero-order valence-corrected chi connectivity index (χ0v) is 9.98. The van der Waals surface area contributed by atoms with Gasteiger partial charge in [0.05, 0.1) is 11.6 Å². The summed E-state index contributed by atoms with van der Waals surface area (Å²) < 4.78 is 31.1. The van der Waals surface area contributed by atoms with Crippen molar-refractivity contribution in [2.75, 3.05) is 7.11 Å². The van der Waals surface area contributed by atoms with Crippen molar-refractivity contribution in [1.82, 2.24) is 0 Å². The average Bonchev–Trinajstić information content (AvgIpc) is 2.23. The minimum absolute atomic E-state index is 0.0135. The molecule has 0 aliphatic heterocycles. The fourth-order valence-corrected chi connectivity index (χ4v) is 1.57. The standard InChI is InChI=1S/C10H9BrF2O3/c1-16-10-5(2-3-7(14)15)4-6(12)8(11)9(10)13/h4H,2-3H2,1H3,(H,14,15). The van der Waals surface area contributed by atoms with Crippen molar-refractivity contribution in [3.05, 3.63) is 27.7 Å². The van der Waals surface area contributed by atoms with Gasteiger partial charge in [-0.15, -0.1) is 0 Å². The summed E-state index contributed by atoms with van der Waals surface area (Å²) in [4.78, 5) is 10.4. The predicted molar refractivity (Wildman–Crippen MR) is 56.6 cm³/mol. The van der Waals surface area contributed by atoms with E-state index in [-0.39, 0.29) is 28.6 Å². The number of hydrogen-bond donors (Lipinski definition) is 1. The van der Waals surface area contributed by atoms with Gasteiger partial charge in [-0.3, -0.25) is 4.79 Å². The van der Waals surface area contributed by atoms with E-state index in [0.29, 0.717) is 0 Å². The van der Waals surface area contributed by atoms with Gasteiger partial charge in [0.25, 0.3) is 0 Å². The van der Waals surface area contributed by atoms with Crippen LogP contribution in [0.1, 0.15) is 12.0 Å². The van der Waals surface area contributed by atoms with Gasteiger partial charge in [0, 0.05) is 12.0 Å². The summed E-state index contributed by atoms with van der Waals surface area (Å²) in [5.41, 5.74) is 0.197. The van der Waals surface area contributed by atoms with Crippen molar-refractivity contribution < 1.29 is 23.4 Å². The minimum atomic E-state index is -1.04. The van der Waals surface area contributed by atoms with Crippen molar-refractivity contribution in [2.24, 2.45) is 0 Å². The Kier molecular flexibility index (Phi) is 4.23. The van der Waals surface area contributed by atoms with Crippen LogP contribution in [0.2, 0.25) is 0 Å². The molecule has 16 heavy (non-hydrogen) atoms. The van der Waals surface area contributed by atoms with Crippen LogP contribution in [0.25, 0.3) is 0 Å². The molecule has 88 valence electrons. The maximum absolute atomic E-state index is 13.5. The Bertz CT molecular complexity index is 421. The van der Waals surface area contributed by atoms with Crippen LogP contribution in [0.4, 0.5) is 8.78 Å². The Morgan fingerprint density at radius 3 is 2.69 bits per heavy atom. The quantitative estimate of drug-likeness (QED) is 0.869. The topological polar surface area (TPSA) is 46.5 Å². The van der Waals surface area contributed by atoms with Crippen LogP contribution in [0.3, 0.4) is 0 Å². The van der Waals surface area contributed by atoms with Gasteiger partial charge >= 0.3 is 5.97 Å². The Hall–Kier alpha value is -1.17. The van der Waals surface area contributed by atoms with Crippen LogP contribution in [-0.2, 0) is 11.2 Å². The SMILES string of the molecule is COc1c(CCC(=O)O)cc(F)c(Br)c1F. The first-order chi connectivity index (χ1) is 7.47. The molecule has 0 aliphatic rings. The lowest BCUT2D eigenvalue weighted by Crippen LogP contribution is -2.02. The van der Waals surface area contributed by atoms with Gasteiger partial charge in [0.2, 0.25) is 0 Å². The monoisotopic (exact) mass is 294 g/mol. The van der Waals surface area contributed by atoms with Crippen LogP contribution in [0.15, 0.2) is 10.5 Å². The average molecular weight is 295 g/mol. The zero-order chi connectivity index (χ0) is 12.3. The number of hydrogen-bond acceptors (Lipinski definition) is 2. The second-order valence-electron chi connectivity index (χ2n) is 3.07. The van der Waals surface area contributed by atoms with E-state index >= 15 is 0 Å². The molecule has 0 aromatic heterocycles. The summed E-state index contributed by atoms with van der Waals surface area (Å²) >= 11 is 2.74. The number of ether oxygens (including phenoxy) is 1. The molecule has 1 aromatic carbocycles. The highest BCUT2D eigenvalue weighted by Crippen LogP contribution is 2.32. The molecule has 0 bridgehead atoms. The number of methoxy groups -OCH3 is 1. The molecule has 3 nitrogen and oxygen atoms in total. The first-order valence-electron chi connectivity index (χ1n) is 4.39. The van der Waals surface area contributed by atoms with Crippen LogP contribution in [-0.4, -0.2) is 18.2 Å². The number of aryl methyl sites for hydroxylation is 1. The third-order valence-corrected chi connectivity index (χ3v) is 2.73. The van der Waals surface area contributed by atoms with Crippen molar-refractivity contribution in [2.45, 2.75) is 12.8 Å². The molecule has 0 aliphatic carbocycles. The summed E-state index contributed by atoms with van der Waals surface area (Å²) in [5, 5.41) is 8.49. The summed E-state index contributed by atoms with van der Waals surface area (Å²) in [5.74, 6) is -2.80. The molecule has 0 spiro atoms. The lowest BCUT2D eigenvalue weighted by atomic mass is 10.1. The molecular formula is C10H9BrF2O3. The molecule has 1 N–H and O–H groups in total. The van der Waals surface area contributed by atoms with E-state index in [0.717, 1.165) is 6.07 Å². The Labute approximate surface area is 99.2 Å². The number of carboxylic acids is 1. The molecule has 1 aromatic rings. The highest BCUT2D eigenvalue weighted by atomic mass is 79.9. The van der Waals surface area contributed by atoms with Gasteiger partial charge in [-0.25, -0.2) is 8.78 Å². The summed E-state index contributed by atoms with van der Waals surface area (Å²) in [7, 11) is 1.24. The van der Waals surface area contributed by atoms with E-state index in [1.165, 1.54) is 7.11 Å².